The molecule has 0 saturated heterocycles. The summed E-state index contributed by atoms with van der Waals surface area (Å²) in [4.78, 5) is 12.4. The number of phenolic OH excluding ortho intramolecular Hbond substituents is 1. The van der Waals surface area contributed by atoms with Gasteiger partial charge in [-0.15, -0.1) is 0 Å². The van der Waals surface area contributed by atoms with Crippen LogP contribution in [-0.2, 0) is 0 Å². The first-order valence-corrected chi connectivity index (χ1v) is 8.05. The van der Waals surface area contributed by atoms with E-state index < -0.39 is 12.5 Å². The lowest BCUT2D eigenvalue weighted by Gasteiger charge is -2.08. The van der Waals surface area contributed by atoms with E-state index in [-0.39, 0.29) is 17.1 Å². The molecule has 0 saturated carbocycles. The van der Waals surface area contributed by atoms with Gasteiger partial charge in [0, 0.05) is 5.56 Å². The molecule has 5 nitrogen and oxygen atoms in total. The van der Waals surface area contributed by atoms with Crippen LogP contribution in [0.4, 0.5) is 8.78 Å². The van der Waals surface area contributed by atoms with E-state index in [9.17, 15) is 18.7 Å². The summed E-state index contributed by atoms with van der Waals surface area (Å²) >= 11 is 0. The maximum atomic E-state index is 12.4. The number of ether oxygens (including phenoxy) is 1. The third-order valence-electron chi connectivity index (χ3n) is 3.91. The molecule has 0 aliphatic carbocycles. The van der Waals surface area contributed by atoms with Crippen molar-refractivity contribution in [2.45, 2.75) is 13.5 Å². The molecule has 0 aliphatic heterocycles. The highest BCUT2D eigenvalue weighted by Gasteiger charge is 2.12. The quantitative estimate of drug-likeness (QED) is 0.520. The normalized spacial score (nSPS) is 11.6. The highest BCUT2D eigenvalue weighted by Crippen LogP contribution is 2.25. The third kappa shape index (κ3) is 4.38. The van der Waals surface area contributed by atoms with Crippen molar-refractivity contribution in [1.82, 2.24) is 5.43 Å². The first-order chi connectivity index (χ1) is 12.9. The van der Waals surface area contributed by atoms with Gasteiger partial charge in [0.25, 0.3) is 5.91 Å². The molecule has 0 atom stereocenters. The van der Waals surface area contributed by atoms with Crippen LogP contribution >= 0.6 is 0 Å². The number of halogens is 2. The van der Waals surface area contributed by atoms with Gasteiger partial charge >= 0.3 is 6.61 Å². The van der Waals surface area contributed by atoms with Gasteiger partial charge in [0.05, 0.1) is 11.3 Å². The second kappa shape index (κ2) is 7.82. The molecule has 0 radical (unpaired) electrons. The van der Waals surface area contributed by atoms with Gasteiger partial charge in [-0.2, -0.15) is 13.9 Å². The fraction of sp³-hybridized carbons (Fsp3) is 0.100. The lowest BCUT2D eigenvalue weighted by atomic mass is 10.1. The van der Waals surface area contributed by atoms with Crippen LogP contribution in [0.1, 0.15) is 22.8 Å². The molecule has 0 unspecified atom stereocenters. The van der Waals surface area contributed by atoms with Gasteiger partial charge in [-0.3, -0.25) is 4.79 Å². The summed E-state index contributed by atoms with van der Waals surface area (Å²) in [5.41, 5.74) is 3.35. The zero-order chi connectivity index (χ0) is 19.4. The molecule has 27 heavy (non-hydrogen) atoms. The molecule has 0 heterocycles. The Morgan fingerprint density at radius 3 is 2.48 bits per heavy atom. The van der Waals surface area contributed by atoms with Crippen LogP contribution in [0.3, 0.4) is 0 Å². The Balaban J connectivity index is 1.79. The molecule has 2 N–H and O–H groups in total. The van der Waals surface area contributed by atoms with Gasteiger partial charge in [0.2, 0.25) is 0 Å². The van der Waals surface area contributed by atoms with Gasteiger partial charge in [0.15, 0.2) is 0 Å². The van der Waals surface area contributed by atoms with Gasteiger partial charge < -0.3 is 9.84 Å². The van der Waals surface area contributed by atoms with Crippen molar-refractivity contribution in [1.29, 1.82) is 0 Å². The lowest BCUT2D eigenvalue weighted by molar-refractivity contribution is -0.0498. The van der Waals surface area contributed by atoms with E-state index in [2.05, 4.69) is 15.3 Å². The molecule has 3 rings (SSSR count). The summed E-state index contributed by atoms with van der Waals surface area (Å²) in [6.45, 7) is -1.31. The number of phenols is 1. The largest absolute Gasteiger partial charge is 0.507 e. The van der Waals surface area contributed by atoms with E-state index in [0.717, 1.165) is 10.8 Å². The molecule has 7 heteroatoms. The Morgan fingerprint density at radius 1 is 1.07 bits per heavy atom. The Kier molecular flexibility index (Phi) is 5.30. The molecule has 0 spiro atoms. The number of aromatic hydroxyl groups is 1. The molecule has 0 bridgehead atoms. The van der Waals surface area contributed by atoms with E-state index in [1.165, 1.54) is 18.2 Å². The number of hydrogen-bond acceptors (Lipinski definition) is 4. The number of nitrogens with one attached hydrogen (secondary N) is 1. The number of benzene rings is 3. The minimum atomic E-state index is -2.92. The molecule has 3 aromatic rings. The van der Waals surface area contributed by atoms with Crippen LogP contribution in [-0.4, -0.2) is 23.3 Å². The molecule has 0 fully saturated rings. The fourth-order valence-electron chi connectivity index (χ4n) is 2.57. The fourth-order valence-corrected chi connectivity index (χ4v) is 2.57. The summed E-state index contributed by atoms with van der Waals surface area (Å²) in [7, 11) is 0. The number of hydrazone groups is 1. The molecule has 0 aromatic heterocycles. The minimum Gasteiger partial charge on any atom is -0.507 e. The average molecular weight is 370 g/mol. The molecular weight excluding hydrogens is 354 g/mol. The summed E-state index contributed by atoms with van der Waals surface area (Å²) in [6.07, 6.45) is 0. The van der Waals surface area contributed by atoms with E-state index >= 15 is 0 Å². The van der Waals surface area contributed by atoms with Gasteiger partial charge in [-0.05, 0) is 42.0 Å². The van der Waals surface area contributed by atoms with Gasteiger partial charge in [-0.25, -0.2) is 5.43 Å². The third-order valence-corrected chi connectivity index (χ3v) is 3.91. The van der Waals surface area contributed by atoms with E-state index in [1.807, 2.05) is 24.3 Å². The number of rotatable bonds is 5. The summed E-state index contributed by atoms with van der Waals surface area (Å²) in [5.74, 6) is -0.750. The van der Waals surface area contributed by atoms with Gasteiger partial charge in [0.1, 0.15) is 11.5 Å². The smallest absolute Gasteiger partial charge is 0.387 e. The van der Waals surface area contributed by atoms with Crippen LogP contribution in [0.2, 0.25) is 0 Å². The monoisotopic (exact) mass is 370 g/mol. The zero-order valence-electron chi connectivity index (χ0n) is 14.3. The second-order valence-electron chi connectivity index (χ2n) is 5.76. The molecular formula is C20H16F2N2O3. The lowest BCUT2D eigenvalue weighted by Crippen LogP contribution is -2.19. The number of hydrogen-bond donors (Lipinski definition) is 2. The SMILES string of the molecule is C/C(=N/NC(=O)c1cc2ccccc2cc1O)c1cccc(OC(F)F)c1. The van der Waals surface area contributed by atoms with Crippen molar-refractivity contribution >= 4 is 22.4 Å². The highest BCUT2D eigenvalue weighted by atomic mass is 19.3. The average Bonchev–Trinajstić information content (AvgIpc) is 2.65. The number of amides is 1. The van der Waals surface area contributed by atoms with Crippen LogP contribution in [0.25, 0.3) is 10.8 Å². The first-order valence-electron chi connectivity index (χ1n) is 8.05. The zero-order valence-corrected chi connectivity index (χ0v) is 14.3. The van der Waals surface area contributed by atoms with Crippen molar-refractivity contribution in [3.8, 4) is 11.5 Å². The molecule has 138 valence electrons. The van der Waals surface area contributed by atoms with Crippen LogP contribution in [0.15, 0.2) is 65.8 Å². The Labute approximate surface area is 153 Å². The van der Waals surface area contributed by atoms with Crippen LogP contribution in [0, 0.1) is 0 Å². The molecule has 1 amide bonds. The number of alkyl halides is 2. The predicted molar refractivity (Wildman–Crippen MR) is 98.4 cm³/mol. The second-order valence-corrected chi connectivity index (χ2v) is 5.76. The number of carbonyl (C=O) groups is 1. The minimum absolute atomic E-state index is 0.00412. The molecule has 0 aliphatic rings. The Bertz CT molecular complexity index is 1020. The Hall–Kier alpha value is -3.48. The van der Waals surface area contributed by atoms with E-state index in [1.54, 1.807) is 25.1 Å². The van der Waals surface area contributed by atoms with E-state index in [4.69, 9.17) is 0 Å². The maximum Gasteiger partial charge on any atom is 0.387 e. The van der Waals surface area contributed by atoms with Crippen LogP contribution < -0.4 is 10.2 Å². The predicted octanol–water partition coefficient (Wildman–Crippen LogP) is 4.30. The number of nitrogens with zero attached hydrogens (tertiary/aromatic N) is 1. The summed E-state index contributed by atoms with van der Waals surface area (Å²) in [6, 6.07) is 16.4. The Morgan fingerprint density at radius 2 is 1.78 bits per heavy atom. The summed E-state index contributed by atoms with van der Waals surface area (Å²) in [5, 5.41) is 15.7. The van der Waals surface area contributed by atoms with Gasteiger partial charge in [-0.1, -0.05) is 36.4 Å². The highest BCUT2D eigenvalue weighted by molar-refractivity contribution is 6.03. The maximum absolute atomic E-state index is 12.4. The van der Waals surface area contributed by atoms with Crippen LogP contribution in [0.5, 0.6) is 11.5 Å². The van der Waals surface area contributed by atoms with Crippen molar-refractivity contribution < 1.29 is 23.4 Å². The van der Waals surface area contributed by atoms with Crippen molar-refractivity contribution in [3.63, 3.8) is 0 Å². The molecule has 3 aromatic carbocycles. The number of carbonyl (C=O) groups excluding carboxylic acids is 1. The first kappa shape index (κ1) is 18.3. The van der Waals surface area contributed by atoms with Crippen molar-refractivity contribution in [2.24, 2.45) is 5.10 Å². The topological polar surface area (TPSA) is 70.9 Å². The van der Waals surface area contributed by atoms with E-state index in [0.29, 0.717) is 11.3 Å². The summed E-state index contributed by atoms with van der Waals surface area (Å²) < 4.78 is 29.0. The van der Waals surface area contributed by atoms with Crippen molar-refractivity contribution in [2.75, 3.05) is 0 Å². The van der Waals surface area contributed by atoms with Crippen molar-refractivity contribution in [3.05, 3.63) is 71.8 Å². The number of fused-ring (bicyclic) bond motifs is 1. The standard InChI is InChI=1S/C20H16F2N2O3/c1-12(13-7-4-8-16(9-13)27-20(21)22)23-24-19(26)17-10-14-5-2-3-6-15(14)11-18(17)25/h2-11,20,25H,1H3,(H,24,26)/b23-12-.